The second kappa shape index (κ2) is 9.03. The number of likely N-dealkylation sites (N-methyl/N-ethyl adjacent to an activating group) is 1. The fraction of sp³-hybridized carbons (Fsp3) is 0.636. The molecule has 108 valence electrons. The molecule has 0 aliphatic rings. The quantitative estimate of drug-likeness (QED) is 0.271. The van der Waals surface area contributed by atoms with E-state index in [1.807, 2.05) is 0 Å². The molecule has 0 spiro atoms. The SMILES string of the molecule is CCOC(=O)C(=NN(C)C(=O)COC)C(=O)OCC. The van der Waals surface area contributed by atoms with Gasteiger partial charge in [0.05, 0.1) is 13.2 Å². The summed E-state index contributed by atoms with van der Waals surface area (Å²) in [5, 5.41) is 4.43. The smallest absolute Gasteiger partial charge is 0.366 e. The van der Waals surface area contributed by atoms with Gasteiger partial charge in [-0.2, -0.15) is 5.10 Å². The minimum Gasteiger partial charge on any atom is -0.461 e. The molecule has 0 saturated heterocycles. The molecule has 19 heavy (non-hydrogen) atoms. The van der Waals surface area contributed by atoms with Crippen LogP contribution in [-0.4, -0.2) is 62.5 Å². The van der Waals surface area contributed by atoms with Crippen LogP contribution in [0.1, 0.15) is 13.8 Å². The standard InChI is InChI=1S/C11H18N2O6/c1-5-18-10(15)9(11(16)19-6-2)12-13(3)8(14)7-17-4/h5-7H2,1-4H3. The van der Waals surface area contributed by atoms with Gasteiger partial charge in [-0.15, -0.1) is 0 Å². The lowest BCUT2D eigenvalue weighted by atomic mass is 10.4. The predicted molar refractivity (Wildman–Crippen MR) is 65.3 cm³/mol. The molecule has 0 fully saturated rings. The average Bonchev–Trinajstić information content (AvgIpc) is 2.36. The summed E-state index contributed by atoms with van der Waals surface area (Å²) in [5.41, 5.74) is -0.587. The van der Waals surface area contributed by atoms with E-state index in [2.05, 4.69) is 19.3 Å². The van der Waals surface area contributed by atoms with Crippen LogP contribution in [0.4, 0.5) is 0 Å². The highest BCUT2D eigenvalue weighted by atomic mass is 16.6. The van der Waals surface area contributed by atoms with Gasteiger partial charge >= 0.3 is 11.9 Å². The molecule has 0 N–H and O–H groups in total. The number of esters is 2. The molecule has 0 saturated carbocycles. The lowest BCUT2D eigenvalue weighted by Crippen LogP contribution is -2.34. The summed E-state index contributed by atoms with van der Waals surface area (Å²) in [4.78, 5) is 34.5. The molecule has 0 aromatic rings. The van der Waals surface area contributed by atoms with E-state index in [-0.39, 0.29) is 19.8 Å². The predicted octanol–water partition coefficient (Wildman–Crippen LogP) is -0.427. The molecule has 0 atom stereocenters. The van der Waals surface area contributed by atoms with Crippen molar-refractivity contribution >= 4 is 23.6 Å². The van der Waals surface area contributed by atoms with E-state index in [1.165, 1.54) is 14.2 Å². The maximum Gasteiger partial charge on any atom is 0.366 e. The van der Waals surface area contributed by atoms with Crippen molar-refractivity contribution in [1.82, 2.24) is 5.01 Å². The van der Waals surface area contributed by atoms with E-state index in [9.17, 15) is 14.4 Å². The summed E-state index contributed by atoms with van der Waals surface area (Å²) in [6, 6.07) is 0. The van der Waals surface area contributed by atoms with Gasteiger partial charge in [-0.3, -0.25) is 4.79 Å². The minimum absolute atomic E-state index is 0.0764. The van der Waals surface area contributed by atoms with Crippen molar-refractivity contribution in [2.45, 2.75) is 13.8 Å². The summed E-state index contributed by atoms with van der Waals surface area (Å²) in [6.07, 6.45) is 0. The molecule has 0 rings (SSSR count). The van der Waals surface area contributed by atoms with Crippen molar-refractivity contribution in [2.24, 2.45) is 5.10 Å². The molecule has 8 nitrogen and oxygen atoms in total. The molecular formula is C11H18N2O6. The Kier molecular flexibility index (Phi) is 8.10. The third kappa shape index (κ3) is 5.96. The highest BCUT2D eigenvalue weighted by molar-refractivity contribution is 6.62. The van der Waals surface area contributed by atoms with Crippen molar-refractivity contribution in [3.05, 3.63) is 0 Å². The van der Waals surface area contributed by atoms with Gasteiger partial charge in [-0.25, -0.2) is 14.6 Å². The number of methoxy groups -OCH3 is 1. The summed E-state index contributed by atoms with van der Waals surface area (Å²) in [5.74, 6) is -2.41. The number of carbonyl (C=O) groups excluding carboxylic acids is 3. The zero-order chi connectivity index (χ0) is 14.8. The Bertz CT molecular complexity index is 346. The van der Waals surface area contributed by atoms with Crippen molar-refractivity contribution in [1.29, 1.82) is 0 Å². The third-order valence-corrected chi connectivity index (χ3v) is 1.82. The van der Waals surface area contributed by atoms with Crippen molar-refractivity contribution < 1.29 is 28.6 Å². The number of rotatable bonds is 7. The second-order valence-electron chi connectivity index (χ2n) is 3.24. The van der Waals surface area contributed by atoms with Gasteiger partial charge in [0, 0.05) is 14.2 Å². The molecule has 8 heteroatoms. The van der Waals surface area contributed by atoms with E-state index in [4.69, 9.17) is 0 Å². The summed E-state index contributed by atoms with van der Waals surface area (Å²) < 4.78 is 14.0. The third-order valence-electron chi connectivity index (χ3n) is 1.82. The van der Waals surface area contributed by atoms with Gasteiger partial charge in [0.15, 0.2) is 0 Å². The molecule has 0 unspecified atom stereocenters. The Balaban J connectivity index is 5.05. The van der Waals surface area contributed by atoms with E-state index >= 15 is 0 Å². The molecule has 0 aromatic heterocycles. The average molecular weight is 274 g/mol. The van der Waals surface area contributed by atoms with Crippen molar-refractivity contribution in [2.75, 3.05) is 34.0 Å². The Labute approximate surface area is 111 Å². The fourth-order valence-corrected chi connectivity index (χ4v) is 0.987. The number of nitrogens with zero attached hydrogens (tertiary/aromatic N) is 2. The molecule has 1 amide bonds. The number of ether oxygens (including phenoxy) is 3. The molecule has 0 heterocycles. The van der Waals surface area contributed by atoms with E-state index in [0.717, 1.165) is 5.01 Å². The van der Waals surface area contributed by atoms with Crippen LogP contribution in [0.25, 0.3) is 0 Å². The Morgan fingerprint density at radius 1 is 1.05 bits per heavy atom. The minimum atomic E-state index is -0.946. The Hall–Kier alpha value is -1.96. The Morgan fingerprint density at radius 3 is 1.89 bits per heavy atom. The van der Waals surface area contributed by atoms with Gasteiger partial charge in [-0.05, 0) is 13.8 Å². The number of hydrazone groups is 1. The highest BCUT2D eigenvalue weighted by Crippen LogP contribution is 1.95. The van der Waals surface area contributed by atoms with Crippen LogP contribution in [0.2, 0.25) is 0 Å². The van der Waals surface area contributed by atoms with Crippen LogP contribution in [0, 0.1) is 0 Å². The van der Waals surface area contributed by atoms with E-state index < -0.39 is 23.6 Å². The van der Waals surface area contributed by atoms with Crippen LogP contribution in [0.5, 0.6) is 0 Å². The van der Waals surface area contributed by atoms with Crippen LogP contribution in [0.15, 0.2) is 5.10 Å². The zero-order valence-electron chi connectivity index (χ0n) is 11.5. The molecule has 0 aliphatic heterocycles. The van der Waals surface area contributed by atoms with Crippen LogP contribution >= 0.6 is 0 Å². The summed E-state index contributed by atoms with van der Waals surface area (Å²) >= 11 is 0. The first kappa shape index (κ1) is 17.0. The van der Waals surface area contributed by atoms with Crippen molar-refractivity contribution in [3.8, 4) is 0 Å². The fourth-order valence-electron chi connectivity index (χ4n) is 0.987. The lowest BCUT2D eigenvalue weighted by molar-refractivity contribution is -0.140. The van der Waals surface area contributed by atoms with Crippen LogP contribution in [-0.2, 0) is 28.6 Å². The molecule has 0 radical (unpaired) electrons. The van der Waals surface area contributed by atoms with Crippen molar-refractivity contribution in [3.63, 3.8) is 0 Å². The number of carbonyl (C=O) groups is 3. The lowest BCUT2D eigenvalue weighted by Gasteiger charge is -2.12. The maximum atomic E-state index is 11.6. The highest BCUT2D eigenvalue weighted by Gasteiger charge is 2.25. The van der Waals surface area contributed by atoms with E-state index in [0.29, 0.717) is 0 Å². The molecule has 0 aliphatic carbocycles. The van der Waals surface area contributed by atoms with Gasteiger partial charge in [0.2, 0.25) is 0 Å². The first-order chi connectivity index (χ1) is 8.97. The second-order valence-corrected chi connectivity index (χ2v) is 3.24. The largest absolute Gasteiger partial charge is 0.461 e. The number of amides is 1. The summed E-state index contributed by atoms with van der Waals surface area (Å²) in [7, 11) is 2.63. The molecule has 0 bridgehead atoms. The molecule has 0 aromatic carbocycles. The first-order valence-corrected chi connectivity index (χ1v) is 5.66. The van der Waals surface area contributed by atoms with Crippen LogP contribution in [0.3, 0.4) is 0 Å². The number of hydrogen-bond donors (Lipinski definition) is 0. The first-order valence-electron chi connectivity index (χ1n) is 5.66. The van der Waals surface area contributed by atoms with Crippen LogP contribution < -0.4 is 0 Å². The Morgan fingerprint density at radius 2 is 1.53 bits per heavy atom. The number of hydrogen-bond acceptors (Lipinski definition) is 7. The summed E-state index contributed by atoms with van der Waals surface area (Å²) in [6.45, 7) is 3.10. The molecular weight excluding hydrogens is 256 g/mol. The van der Waals surface area contributed by atoms with Gasteiger partial charge in [0.25, 0.3) is 11.6 Å². The van der Waals surface area contributed by atoms with E-state index in [1.54, 1.807) is 13.8 Å². The normalized spacial score (nSPS) is 9.47. The topological polar surface area (TPSA) is 94.5 Å². The van der Waals surface area contributed by atoms with Gasteiger partial charge < -0.3 is 14.2 Å². The van der Waals surface area contributed by atoms with Gasteiger partial charge in [-0.1, -0.05) is 0 Å². The monoisotopic (exact) mass is 274 g/mol. The maximum absolute atomic E-state index is 11.6. The van der Waals surface area contributed by atoms with Gasteiger partial charge in [0.1, 0.15) is 6.61 Å². The zero-order valence-corrected chi connectivity index (χ0v) is 11.5.